The van der Waals surface area contributed by atoms with Crippen molar-refractivity contribution in [1.82, 2.24) is 9.88 Å². The van der Waals surface area contributed by atoms with Crippen molar-refractivity contribution in [3.63, 3.8) is 0 Å². The van der Waals surface area contributed by atoms with Gasteiger partial charge in [-0.05, 0) is 6.92 Å². The number of aryl methyl sites for hydroxylation is 1. The van der Waals surface area contributed by atoms with Crippen molar-refractivity contribution in [2.24, 2.45) is 0 Å². The third-order valence-corrected chi connectivity index (χ3v) is 4.91. The van der Waals surface area contributed by atoms with Crippen molar-refractivity contribution in [2.45, 2.75) is 13.0 Å². The Kier molecular flexibility index (Phi) is 5.66. The molecule has 0 saturated carbocycles. The zero-order valence-corrected chi connectivity index (χ0v) is 16.2. The summed E-state index contributed by atoms with van der Waals surface area (Å²) in [6.45, 7) is 1.84. The van der Waals surface area contributed by atoms with Gasteiger partial charge >= 0.3 is 5.97 Å². The van der Waals surface area contributed by atoms with E-state index in [1.54, 1.807) is 26.2 Å². The van der Waals surface area contributed by atoms with Gasteiger partial charge in [-0.25, -0.2) is 9.78 Å². The lowest BCUT2D eigenvalue weighted by Crippen LogP contribution is -2.31. The lowest BCUT2D eigenvalue weighted by Gasteiger charge is -2.21. The first-order chi connectivity index (χ1) is 13.0. The zero-order valence-electron chi connectivity index (χ0n) is 15.4. The molecule has 0 saturated heterocycles. The van der Waals surface area contributed by atoms with E-state index in [0.29, 0.717) is 16.1 Å². The van der Waals surface area contributed by atoms with Crippen molar-refractivity contribution >= 4 is 23.2 Å². The fraction of sp³-hybridized carbons (Fsp3) is 0.190. The Morgan fingerprint density at radius 1 is 1.00 bits per heavy atom. The van der Waals surface area contributed by atoms with Crippen molar-refractivity contribution < 1.29 is 14.3 Å². The van der Waals surface area contributed by atoms with Crippen LogP contribution >= 0.6 is 11.3 Å². The predicted molar refractivity (Wildman–Crippen MR) is 106 cm³/mol. The van der Waals surface area contributed by atoms with Crippen molar-refractivity contribution in [2.75, 3.05) is 14.1 Å². The highest BCUT2D eigenvalue weighted by atomic mass is 32.1. The Morgan fingerprint density at radius 2 is 1.59 bits per heavy atom. The maximum absolute atomic E-state index is 12.9. The minimum absolute atomic E-state index is 0.294. The van der Waals surface area contributed by atoms with Crippen LogP contribution < -0.4 is 0 Å². The summed E-state index contributed by atoms with van der Waals surface area (Å²) in [6.07, 6.45) is -1.00. The monoisotopic (exact) mass is 380 g/mol. The predicted octanol–water partition coefficient (Wildman–Crippen LogP) is 4.10. The van der Waals surface area contributed by atoms with Gasteiger partial charge in [0.25, 0.3) is 5.91 Å². The van der Waals surface area contributed by atoms with Crippen LogP contribution in [0.1, 0.15) is 26.3 Å². The van der Waals surface area contributed by atoms with Crippen LogP contribution in [0.4, 0.5) is 0 Å². The summed E-state index contributed by atoms with van der Waals surface area (Å²) in [4.78, 5) is 31.8. The molecule has 1 heterocycles. The third-order valence-electron chi connectivity index (χ3n) is 3.96. The molecule has 2 aromatic carbocycles. The number of rotatable bonds is 5. The second kappa shape index (κ2) is 8.14. The molecule has 0 aliphatic carbocycles. The van der Waals surface area contributed by atoms with Crippen LogP contribution in [0.25, 0.3) is 11.3 Å². The van der Waals surface area contributed by atoms with Gasteiger partial charge in [0.05, 0.1) is 10.7 Å². The van der Waals surface area contributed by atoms with E-state index >= 15 is 0 Å². The SMILES string of the molecule is Cc1nc(-c2ccccc2)c(C(=O)O[C@@H](C(=O)N(C)C)c2ccccc2)s1. The summed E-state index contributed by atoms with van der Waals surface area (Å²) in [5.41, 5.74) is 2.04. The molecule has 0 aliphatic heterocycles. The maximum Gasteiger partial charge on any atom is 0.351 e. The number of hydrogen-bond donors (Lipinski definition) is 0. The molecule has 138 valence electrons. The number of nitrogens with zero attached hydrogens (tertiary/aromatic N) is 2. The molecule has 3 aromatic rings. The Labute approximate surface area is 162 Å². The lowest BCUT2D eigenvalue weighted by molar-refractivity contribution is -0.138. The smallest absolute Gasteiger partial charge is 0.351 e. The standard InChI is InChI=1S/C21H20N2O3S/c1-14-22-17(15-10-6-4-7-11-15)19(27-14)21(25)26-18(20(24)23(2)3)16-12-8-5-9-13-16/h4-13,18H,1-3H3/t18-/m1/s1. The van der Waals surface area contributed by atoms with Crippen LogP contribution in [0.15, 0.2) is 60.7 Å². The first-order valence-corrected chi connectivity index (χ1v) is 9.29. The summed E-state index contributed by atoms with van der Waals surface area (Å²) in [6, 6.07) is 18.5. The van der Waals surface area contributed by atoms with Crippen LogP contribution in [0, 0.1) is 6.92 Å². The molecule has 1 atom stereocenters. The molecule has 27 heavy (non-hydrogen) atoms. The van der Waals surface area contributed by atoms with Crippen LogP contribution in [0.3, 0.4) is 0 Å². The first-order valence-electron chi connectivity index (χ1n) is 8.47. The number of likely N-dealkylation sites (N-methyl/N-ethyl adjacent to an activating group) is 1. The van der Waals surface area contributed by atoms with Gasteiger partial charge in [0.15, 0.2) is 0 Å². The number of ether oxygens (including phenoxy) is 1. The Bertz CT molecular complexity index is 937. The molecule has 6 heteroatoms. The van der Waals surface area contributed by atoms with Gasteiger partial charge in [0.1, 0.15) is 4.88 Å². The fourth-order valence-electron chi connectivity index (χ4n) is 2.64. The molecule has 0 radical (unpaired) electrons. The van der Waals surface area contributed by atoms with Crippen molar-refractivity contribution in [3.8, 4) is 11.3 Å². The van der Waals surface area contributed by atoms with E-state index in [-0.39, 0.29) is 5.91 Å². The van der Waals surface area contributed by atoms with Gasteiger partial charge in [-0.15, -0.1) is 11.3 Å². The molecular weight excluding hydrogens is 360 g/mol. The summed E-state index contributed by atoms with van der Waals surface area (Å²) < 4.78 is 5.66. The number of carbonyl (C=O) groups is 2. The summed E-state index contributed by atoms with van der Waals surface area (Å²) in [5.74, 6) is -0.847. The second-order valence-corrected chi connectivity index (χ2v) is 7.41. The Balaban J connectivity index is 1.94. The van der Waals surface area contributed by atoms with Crippen LogP contribution in [-0.4, -0.2) is 35.9 Å². The summed E-state index contributed by atoms with van der Waals surface area (Å²) in [5, 5.41) is 0.760. The molecule has 0 unspecified atom stereocenters. The van der Waals surface area contributed by atoms with E-state index < -0.39 is 12.1 Å². The van der Waals surface area contributed by atoms with Crippen LogP contribution in [0.5, 0.6) is 0 Å². The molecule has 0 fully saturated rings. The van der Waals surface area contributed by atoms with Gasteiger partial charge in [-0.3, -0.25) is 4.79 Å². The molecule has 0 N–H and O–H groups in total. The maximum atomic E-state index is 12.9. The quantitative estimate of drug-likeness (QED) is 0.625. The van der Waals surface area contributed by atoms with Gasteiger partial charge in [0.2, 0.25) is 6.10 Å². The second-order valence-electron chi connectivity index (χ2n) is 6.21. The van der Waals surface area contributed by atoms with E-state index in [9.17, 15) is 9.59 Å². The molecule has 0 bridgehead atoms. The molecule has 3 rings (SSSR count). The van der Waals surface area contributed by atoms with Crippen molar-refractivity contribution in [1.29, 1.82) is 0 Å². The van der Waals surface area contributed by atoms with Crippen LogP contribution in [-0.2, 0) is 9.53 Å². The number of hydrogen-bond acceptors (Lipinski definition) is 5. The lowest BCUT2D eigenvalue weighted by atomic mass is 10.1. The number of benzene rings is 2. The normalized spacial score (nSPS) is 11.7. The zero-order chi connectivity index (χ0) is 19.4. The number of carbonyl (C=O) groups excluding carboxylic acids is 2. The van der Waals surface area contributed by atoms with Crippen molar-refractivity contribution in [3.05, 3.63) is 76.1 Å². The van der Waals surface area contributed by atoms with E-state index in [1.165, 1.54) is 16.2 Å². The van der Waals surface area contributed by atoms with Gasteiger partial charge in [-0.1, -0.05) is 60.7 Å². The largest absolute Gasteiger partial charge is 0.443 e. The Hall–Kier alpha value is -2.99. The third kappa shape index (κ3) is 4.23. The fourth-order valence-corrected chi connectivity index (χ4v) is 3.46. The number of aromatic nitrogens is 1. The topological polar surface area (TPSA) is 59.5 Å². The number of amides is 1. The van der Waals surface area contributed by atoms with Crippen LogP contribution in [0.2, 0.25) is 0 Å². The Morgan fingerprint density at radius 3 is 2.19 bits per heavy atom. The van der Waals surface area contributed by atoms with Gasteiger partial charge in [-0.2, -0.15) is 0 Å². The first kappa shape index (κ1) is 18.8. The summed E-state index contributed by atoms with van der Waals surface area (Å²) in [7, 11) is 3.27. The van der Waals surface area contributed by atoms with E-state index in [4.69, 9.17) is 4.74 Å². The average molecular weight is 380 g/mol. The minimum Gasteiger partial charge on any atom is -0.443 e. The molecular formula is C21H20N2O3S. The van der Waals surface area contributed by atoms with E-state index in [2.05, 4.69) is 4.98 Å². The van der Waals surface area contributed by atoms with E-state index in [1.807, 2.05) is 55.5 Å². The van der Waals surface area contributed by atoms with E-state index in [0.717, 1.165) is 10.6 Å². The highest BCUT2D eigenvalue weighted by molar-refractivity contribution is 7.14. The molecule has 0 spiro atoms. The minimum atomic E-state index is -1.00. The highest BCUT2D eigenvalue weighted by Crippen LogP contribution is 2.30. The number of thiazole rings is 1. The highest BCUT2D eigenvalue weighted by Gasteiger charge is 2.29. The summed E-state index contributed by atoms with van der Waals surface area (Å²) >= 11 is 1.26. The molecule has 1 aromatic heterocycles. The van der Waals surface area contributed by atoms with Gasteiger partial charge < -0.3 is 9.64 Å². The molecule has 1 amide bonds. The average Bonchev–Trinajstić information content (AvgIpc) is 3.08. The number of esters is 1. The molecule has 5 nitrogen and oxygen atoms in total. The molecule has 0 aliphatic rings. The van der Waals surface area contributed by atoms with Gasteiger partial charge in [0, 0.05) is 25.2 Å².